The molecule has 5 rings (SSSR count). The number of carbonyl (C=O) groups excluding carboxylic acids is 1. The normalized spacial score (nSPS) is 20.2. The number of halogens is 2. The maximum atomic E-state index is 15.3. The number of pyridine rings is 2. The lowest BCUT2D eigenvalue weighted by Crippen LogP contribution is -2.27. The van der Waals surface area contributed by atoms with Gasteiger partial charge in [-0.2, -0.15) is 0 Å². The van der Waals surface area contributed by atoms with E-state index in [1.165, 1.54) is 39.0 Å². The maximum Gasteiger partial charge on any atom is 0.256 e. The van der Waals surface area contributed by atoms with Crippen molar-refractivity contribution in [3.8, 4) is 22.8 Å². The van der Waals surface area contributed by atoms with Crippen molar-refractivity contribution in [1.29, 1.82) is 0 Å². The molecule has 1 N–H and O–H groups in total. The Hall–Kier alpha value is -3.93. The molecule has 1 aromatic carbocycles. The fraction of sp³-hybridized carbons (Fsp3) is 0.250. The zero-order valence-electron chi connectivity index (χ0n) is 19.4. The van der Waals surface area contributed by atoms with Crippen LogP contribution in [0.4, 0.5) is 14.5 Å². The first kappa shape index (κ1) is 23.8. The van der Waals surface area contributed by atoms with Crippen LogP contribution in [0.15, 0.2) is 41.8 Å². The second-order valence-electron chi connectivity index (χ2n) is 8.61. The number of hydrogen-bond acceptors (Lipinski definition) is 7. The van der Waals surface area contributed by atoms with E-state index in [0.29, 0.717) is 22.4 Å². The number of nitrogens with zero attached hydrogens (tertiary/aromatic N) is 3. The van der Waals surface area contributed by atoms with E-state index in [-0.39, 0.29) is 29.2 Å². The molecule has 1 saturated carbocycles. The summed E-state index contributed by atoms with van der Waals surface area (Å²) in [7, 11) is -1.02. The quantitative estimate of drug-likeness (QED) is 0.536. The van der Waals surface area contributed by atoms with Crippen molar-refractivity contribution in [3.05, 3.63) is 65.1 Å². The largest absolute Gasteiger partial charge is 0.494 e. The molecule has 36 heavy (non-hydrogen) atoms. The summed E-state index contributed by atoms with van der Waals surface area (Å²) < 4.78 is 66.2. The van der Waals surface area contributed by atoms with E-state index >= 15 is 8.78 Å². The van der Waals surface area contributed by atoms with Gasteiger partial charge in [0.25, 0.3) is 5.91 Å². The molecule has 1 spiro atoms. The smallest absolute Gasteiger partial charge is 0.256 e. The van der Waals surface area contributed by atoms with Crippen LogP contribution in [0.1, 0.15) is 29.0 Å². The monoisotopic (exact) mass is 514 g/mol. The Kier molecular flexibility index (Phi) is 5.51. The minimum absolute atomic E-state index is 0.123. The van der Waals surface area contributed by atoms with Gasteiger partial charge in [-0.1, -0.05) is 0 Å². The number of anilines is 1. The molecule has 9 nitrogen and oxygen atoms in total. The van der Waals surface area contributed by atoms with Gasteiger partial charge in [-0.05, 0) is 24.1 Å². The summed E-state index contributed by atoms with van der Waals surface area (Å²) in [5.41, 5.74) is 0.566. The molecule has 12 heteroatoms. The van der Waals surface area contributed by atoms with E-state index in [0.717, 1.165) is 12.3 Å². The Morgan fingerprint density at radius 2 is 1.75 bits per heavy atom. The van der Waals surface area contributed by atoms with Crippen LogP contribution in [-0.2, 0) is 20.2 Å². The molecule has 0 bridgehead atoms. The third-order valence-electron chi connectivity index (χ3n) is 6.37. The zero-order chi connectivity index (χ0) is 25.8. The molecule has 0 radical (unpaired) electrons. The number of aliphatic imine (C=N–C) groups is 1. The van der Waals surface area contributed by atoms with Gasteiger partial charge in [-0.15, -0.1) is 0 Å². The maximum absolute atomic E-state index is 15.3. The molecular formula is C24H20F2N4O5S. The highest BCUT2D eigenvalue weighted by molar-refractivity contribution is 7.92. The molecule has 0 saturated heterocycles. The van der Waals surface area contributed by atoms with Gasteiger partial charge in [0.2, 0.25) is 10.0 Å². The molecule has 2 atom stereocenters. The van der Waals surface area contributed by atoms with Crippen LogP contribution in [0.3, 0.4) is 0 Å². The molecule has 186 valence electrons. The summed E-state index contributed by atoms with van der Waals surface area (Å²) in [4.78, 5) is 25.5. The van der Waals surface area contributed by atoms with Gasteiger partial charge in [-0.3, -0.25) is 19.5 Å². The van der Waals surface area contributed by atoms with Gasteiger partial charge in [-0.25, -0.2) is 22.2 Å². The molecule has 3 aromatic rings. The van der Waals surface area contributed by atoms with Crippen LogP contribution in [0.2, 0.25) is 0 Å². The van der Waals surface area contributed by atoms with E-state index in [2.05, 4.69) is 19.7 Å². The van der Waals surface area contributed by atoms with Crippen molar-refractivity contribution in [1.82, 2.24) is 9.97 Å². The van der Waals surface area contributed by atoms with Crippen molar-refractivity contribution in [2.45, 2.75) is 17.8 Å². The molecular weight excluding hydrogens is 494 g/mol. The van der Waals surface area contributed by atoms with Crippen LogP contribution in [-0.4, -0.2) is 51.0 Å². The first-order chi connectivity index (χ1) is 17.1. The Morgan fingerprint density at radius 1 is 1.06 bits per heavy atom. The predicted molar refractivity (Wildman–Crippen MR) is 127 cm³/mol. The van der Waals surface area contributed by atoms with Gasteiger partial charge < -0.3 is 9.47 Å². The summed E-state index contributed by atoms with van der Waals surface area (Å²) in [6, 6.07) is 4.31. The summed E-state index contributed by atoms with van der Waals surface area (Å²) in [6.07, 6.45) is 6.85. The molecule has 2 aromatic heterocycles. The summed E-state index contributed by atoms with van der Waals surface area (Å²) in [6.45, 7) is 0. The standard InChI is InChI=1S/C24H20F2N4O5S/c1-34-18-6-19(35-2)22(26)20(21(18)25)16-7-24(16)15-5-17(28-9-13(15)10-29-23(24)31)12-4-14(11-27-8-12)30-36(3,32)33/h4-6,8-11,16,30H,7H2,1-3H3. The van der Waals surface area contributed by atoms with E-state index in [1.807, 2.05) is 0 Å². The van der Waals surface area contributed by atoms with Crippen LogP contribution < -0.4 is 14.2 Å². The second-order valence-corrected chi connectivity index (χ2v) is 10.4. The fourth-order valence-corrected chi connectivity index (χ4v) is 5.22. The third kappa shape index (κ3) is 3.77. The molecule has 2 aliphatic rings. The van der Waals surface area contributed by atoms with Gasteiger partial charge >= 0.3 is 0 Å². The molecule has 1 aliphatic heterocycles. The number of amides is 1. The van der Waals surface area contributed by atoms with E-state index < -0.39 is 38.9 Å². The van der Waals surface area contributed by atoms with Crippen molar-refractivity contribution < 1.29 is 31.5 Å². The minimum Gasteiger partial charge on any atom is -0.494 e. The second kappa shape index (κ2) is 8.33. The van der Waals surface area contributed by atoms with Crippen LogP contribution in [0.5, 0.6) is 11.5 Å². The van der Waals surface area contributed by atoms with E-state index in [1.54, 1.807) is 12.1 Å². The summed E-state index contributed by atoms with van der Waals surface area (Å²) in [5.74, 6) is -3.58. The van der Waals surface area contributed by atoms with Crippen LogP contribution in [0.25, 0.3) is 11.3 Å². The highest BCUT2D eigenvalue weighted by atomic mass is 32.2. The van der Waals surface area contributed by atoms with E-state index in [9.17, 15) is 13.2 Å². The Labute approximate surface area is 205 Å². The fourth-order valence-electron chi connectivity index (χ4n) is 4.68. The van der Waals surface area contributed by atoms with Crippen molar-refractivity contribution >= 4 is 27.8 Å². The van der Waals surface area contributed by atoms with Crippen molar-refractivity contribution in [2.75, 3.05) is 25.2 Å². The highest BCUT2D eigenvalue weighted by Gasteiger charge is 2.65. The number of sulfonamides is 1. The molecule has 3 heterocycles. The first-order valence-corrected chi connectivity index (χ1v) is 12.6. The number of methoxy groups -OCH3 is 2. The lowest BCUT2D eigenvalue weighted by Gasteiger charge is -2.22. The number of aromatic nitrogens is 2. The first-order valence-electron chi connectivity index (χ1n) is 10.7. The lowest BCUT2D eigenvalue weighted by molar-refractivity contribution is -0.120. The van der Waals surface area contributed by atoms with Gasteiger partial charge in [0, 0.05) is 47.3 Å². The Balaban J connectivity index is 1.62. The SMILES string of the molecule is COc1cc(OC)c(F)c(C2CC23C(=O)N=Cc2cnc(-c4cncc(NS(C)(=O)=O)c4)cc23)c1F. The number of hydrogen-bond donors (Lipinski definition) is 1. The minimum atomic E-state index is -3.53. The number of rotatable bonds is 6. The molecule has 1 aliphatic carbocycles. The third-order valence-corrected chi connectivity index (χ3v) is 6.98. The number of nitrogens with one attached hydrogen (secondary N) is 1. The summed E-state index contributed by atoms with van der Waals surface area (Å²) >= 11 is 0. The van der Waals surface area contributed by atoms with Crippen molar-refractivity contribution in [2.24, 2.45) is 4.99 Å². The molecule has 1 amide bonds. The molecule has 1 fully saturated rings. The summed E-state index contributed by atoms with van der Waals surface area (Å²) in [5, 5.41) is 0. The number of ether oxygens (including phenoxy) is 2. The molecule has 2 unspecified atom stereocenters. The average molecular weight is 515 g/mol. The van der Waals surface area contributed by atoms with Gasteiger partial charge in [0.15, 0.2) is 23.1 Å². The van der Waals surface area contributed by atoms with Gasteiger partial charge in [0.1, 0.15) is 0 Å². The van der Waals surface area contributed by atoms with Crippen LogP contribution in [0, 0.1) is 11.6 Å². The highest BCUT2D eigenvalue weighted by Crippen LogP contribution is 2.64. The number of fused-ring (bicyclic) bond motifs is 2. The average Bonchev–Trinajstić information content (AvgIpc) is 3.57. The lowest BCUT2D eigenvalue weighted by atomic mass is 9.85. The van der Waals surface area contributed by atoms with Crippen LogP contribution >= 0.6 is 0 Å². The van der Waals surface area contributed by atoms with Gasteiger partial charge in [0.05, 0.1) is 43.5 Å². The van der Waals surface area contributed by atoms with E-state index in [4.69, 9.17) is 9.47 Å². The predicted octanol–water partition coefficient (Wildman–Crippen LogP) is 3.19. The Morgan fingerprint density at radius 3 is 2.39 bits per heavy atom. The number of carbonyl (C=O) groups is 1. The van der Waals surface area contributed by atoms with Crippen molar-refractivity contribution in [3.63, 3.8) is 0 Å². The Bertz CT molecular complexity index is 1530. The number of benzene rings is 1. The topological polar surface area (TPSA) is 120 Å². The zero-order valence-corrected chi connectivity index (χ0v) is 20.2.